The molecule has 2 aromatic carbocycles. The van der Waals surface area contributed by atoms with E-state index in [1.807, 2.05) is 10.6 Å². The lowest BCUT2D eigenvalue weighted by Crippen LogP contribution is -2.34. The maximum absolute atomic E-state index is 14.5. The highest BCUT2D eigenvalue weighted by molar-refractivity contribution is 7.99. The van der Waals surface area contributed by atoms with Gasteiger partial charge in [-0.25, -0.2) is 8.78 Å². The zero-order valence-electron chi connectivity index (χ0n) is 21.8. The van der Waals surface area contributed by atoms with E-state index in [-0.39, 0.29) is 48.7 Å². The molecular formula is C29H31F2N5O2S. The van der Waals surface area contributed by atoms with Crippen LogP contribution in [-0.2, 0) is 11.4 Å². The maximum Gasteiger partial charge on any atom is 0.237 e. The molecule has 0 spiro atoms. The first-order valence-corrected chi connectivity index (χ1v) is 14.3. The molecule has 0 radical (unpaired) electrons. The summed E-state index contributed by atoms with van der Waals surface area (Å²) in [6.45, 7) is 2.29. The number of carbonyl (C=O) groups excluding carboxylic acids is 1. The first-order valence-electron chi connectivity index (χ1n) is 13.3. The van der Waals surface area contributed by atoms with Gasteiger partial charge in [0.2, 0.25) is 5.91 Å². The van der Waals surface area contributed by atoms with Crippen LogP contribution >= 0.6 is 11.8 Å². The molecule has 0 N–H and O–H groups in total. The Labute approximate surface area is 231 Å². The number of halogens is 2. The van der Waals surface area contributed by atoms with Crippen molar-refractivity contribution in [3.8, 4) is 11.8 Å². The summed E-state index contributed by atoms with van der Waals surface area (Å²) in [4.78, 5) is 14.6. The van der Waals surface area contributed by atoms with Crippen molar-refractivity contribution in [1.29, 1.82) is 5.26 Å². The second-order valence-corrected chi connectivity index (χ2v) is 11.2. The first kappa shape index (κ1) is 27.1. The van der Waals surface area contributed by atoms with Crippen LogP contribution in [0.2, 0.25) is 0 Å². The molecule has 39 heavy (non-hydrogen) atoms. The molecule has 1 amide bonds. The number of thioether (sulfide) groups is 1. The lowest BCUT2D eigenvalue weighted by atomic mass is 9.84. The van der Waals surface area contributed by atoms with Crippen molar-refractivity contribution in [3.05, 3.63) is 66.0 Å². The number of carbonyl (C=O) groups is 1. The van der Waals surface area contributed by atoms with E-state index in [0.29, 0.717) is 22.8 Å². The molecule has 204 valence electrons. The van der Waals surface area contributed by atoms with Crippen molar-refractivity contribution in [3.63, 3.8) is 0 Å². The molecule has 2 saturated carbocycles. The van der Waals surface area contributed by atoms with Crippen molar-refractivity contribution in [2.45, 2.75) is 56.8 Å². The van der Waals surface area contributed by atoms with Gasteiger partial charge in [0.05, 0.1) is 23.9 Å². The highest BCUT2D eigenvalue weighted by atomic mass is 32.2. The SMILES string of the molecule is C[C@H]([C@H]1C[C@H]2CC[C@H]1C2)n1c(COc2ccccc2F)nnc1SCC(=O)N(CCC#N)c1ccccc1F. The number of ether oxygens (including phenoxy) is 1. The molecule has 2 aliphatic rings. The van der Waals surface area contributed by atoms with Gasteiger partial charge in [-0.15, -0.1) is 10.2 Å². The molecule has 7 nitrogen and oxygen atoms in total. The van der Waals surface area contributed by atoms with Crippen LogP contribution in [0.3, 0.4) is 0 Å². The summed E-state index contributed by atoms with van der Waals surface area (Å²) in [6.07, 6.45) is 4.98. The number of fused-ring (bicyclic) bond motifs is 2. The van der Waals surface area contributed by atoms with Crippen molar-refractivity contribution in [1.82, 2.24) is 14.8 Å². The second-order valence-electron chi connectivity index (χ2n) is 10.3. The second kappa shape index (κ2) is 12.2. The topological polar surface area (TPSA) is 84.0 Å². The molecule has 4 atom stereocenters. The van der Waals surface area contributed by atoms with Crippen LogP contribution in [0.1, 0.15) is 50.9 Å². The van der Waals surface area contributed by atoms with E-state index in [0.717, 1.165) is 12.3 Å². The van der Waals surface area contributed by atoms with Crippen molar-refractivity contribution in [2.75, 3.05) is 17.2 Å². The molecule has 1 heterocycles. The fraction of sp³-hybridized carbons (Fsp3) is 0.448. The van der Waals surface area contributed by atoms with Crippen LogP contribution in [0.4, 0.5) is 14.5 Å². The molecule has 5 rings (SSSR count). The highest BCUT2D eigenvalue weighted by Gasteiger charge is 2.43. The lowest BCUT2D eigenvalue weighted by molar-refractivity contribution is -0.116. The van der Waals surface area contributed by atoms with Gasteiger partial charge in [-0.3, -0.25) is 9.36 Å². The number of benzene rings is 2. The predicted octanol–water partition coefficient (Wildman–Crippen LogP) is 6.17. The zero-order valence-corrected chi connectivity index (χ0v) is 22.6. The van der Waals surface area contributed by atoms with Gasteiger partial charge >= 0.3 is 0 Å². The average Bonchev–Trinajstić information content (AvgIpc) is 3.68. The van der Waals surface area contributed by atoms with Gasteiger partial charge in [0.15, 0.2) is 22.5 Å². The summed E-state index contributed by atoms with van der Waals surface area (Å²) in [5.41, 5.74) is 0.147. The number of amides is 1. The molecule has 10 heteroatoms. The van der Waals surface area contributed by atoms with Gasteiger partial charge in [0.25, 0.3) is 0 Å². The van der Waals surface area contributed by atoms with E-state index >= 15 is 0 Å². The first-order chi connectivity index (χ1) is 19.0. The maximum atomic E-state index is 14.5. The standard InChI is InChI=1S/C29H31F2N5O2S/c1-19(22-16-20-11-12-21(22)15-20)36-27(17-38-26-10-5-3-8-24(26)31)33-34-29(36)39-18-28(37)35(14-6-13-32)25-9-4-2-7-23(25)30/h2-5,7-10,19-22H,6,11-12,14-18H2,1H3/t19-,20+,21+,22-/m1/s1. The molecule has 2 fully saturated rings. The summed E-state index contributed by atoms with van der Waals surface area (Å²) >= 11 is 1.23. The highest BCUT2D eigenvalue weighted by Crippen LogP contribution is 2.52. The monoisotopic (exact) mass is 551 g/mol. The van der Waals surface area contributed by atoms with Crippen molar-refractivity contribution in [2.24, 2.45) is 17.8 Å². The van der Waals surface area contributed by atoms with E-state index < -0.39 is 11.6 Å². The van der Waals surface area contributed by atoms with Crippen LogP contribution in [0.5, 0.6) is 5.75 Å². The quantitative estimate of drug-likeness (QED) is 0.265. The number of rotatable bonds is 11. The van der Waals surface area contributed by atoms with Gasteiger partial charge in [0.1, 0.15) is 12.4 Å². The van der Waals surface area contributed by atoms with Crippen LogP contribution in [0.15, 0.2) is 53.7 Å². The van der Waals surface area contributed by atoms with E-state index in [1.165, 1.54) is 54.1 Å². The summed E-state index contributed by atoms with van der Waals surface area (Å²) in [6, 6.07) is 14.4. The number of hydrogen-bond acceptors (Lipinski definition) is 6. The van der Waals surface area contributed by atoms with Gasteiger partial charge in [-0.1, -0.05) is 42.4 Å². The Morgan fingerprint density at radius 2 is 1.92 bits per heavy atom. The van der Waals surface area contributed by atoms with E-state index in [9.17, 15) is 13.6 Å². The number of anilines is 1. The third kappa shape index (κ3) is 5.93. The fourth-order valence-electron chi connectivity index (χ4n) is 6.11. The summed E-state index contributed by atoms with van der Waals surface area (Å²) in [5, 5.41) is 18.4. The minimum atomic E-state index is -0.519. The Balaban J connectivity index is 1.37. The number of aromatic nitrogens is 3. The number of para-hydroxylation sites is 2. The molecule has 1 aromatic heterocycles. The van der Waals surface area contributed by atoms with Gasteiger partial charge < -0.3 is 9.64 Å². The normalized spacial score (nSPS) is 20.5. The van der Waals surface area contributed by atoms with Crippen LogP contribution in [0, 0.1) is 40.7 Å². The number of hydrogen-bond donors (Lipinski definition) is 0. The average molecular weight is 552 g/mol. The fourth-order valence-corrected chi connectivity index (χ4v) is 7.03. The Morgan fingerprint density at radius 3 is 2.62 bits per heavy atom. The van der Waals surface area contributed by atoms with Crippen molar-refractivity contribution >= 4 is 23.4 Å². The van der Waals surface area contributed by atoms with E-state index in [4.69, 9.17) is 10.00 Å². The number of nitriles is 1. The van der Waals surface area contributed by atoms with Crippen molar-refractivity contribution < 1.29 is 18.3 Å². The van der Waals surface area contributed by atoms with E-state index in [1.54, 1.807) is 30.3 Å². The molecular weight excluding hydrogens is 520 g/mol. The van der Waals surface area contributed by atoms with Crippen LogP contribution < -0.4 is 9.64 Å². The summed E-state index contributed by atoms with van der Waals surface area (Å²) in [5.74, 6) is 1.28. The van der Waals surface area contributed by atoms with Crippen LogP contribution in [0.25, 0.3) is 0 Å². The van der Waals surface area contributed by atoms with Gasteiger partial charge in [0, 0.05) is 12.6 Å². The molecule has 2 bridgehead atoms. The number of nitrogens with zero attached hydrogens (tertiary/aromatic N) is 5. The predicted molar refractivity (Wildman–Crippen MR) is 144 cm³/mol. The molecule has 2 aliphatic carbocycles. The third-order valence-corrected chi connectivity index (χ3v) is 8.89. The zero-order chi connectivity index (χ0) is 27.4. The largest absolute Gasteiger partial charge is 0.483 e. The molecule has 0 unspecified atom stereocenters. The molecule has 0 aliphatic heterocycles. The Morgan fingerprint density at radius 1 is 1.15 bits per heavy atom. The minimum absolute atomic E-state index is 0.00446. The summed E-state index contributed by atoms with van der Waals surface area (Å²) < 4.78 is 36.5. The lowest BCUT2D eigenvalue weighted by Gasteiger charge is -2.30. The molecule has 0 saturated heterocycles. The smallest absolute Gasteiger partial charge is 0.237 e. The van der Waals surface area contributed by atoms with Crippen LogP contribution in [-0.4, -0.2) is 33.0 Å². The third-order valence-electron chi connectivity index (χ3n) is 7.96. The minimum Gasteiger partial charge on any atom is -0.483 e. The Kier molecular flexibility index (Phi) is 8.46. The molecule has 3 aromatic rings. The van der Waals surface area contributed by atoms with Gasteiger partial charge in [-0.2, -0.15) is 5.26 Å². The van der Waals surface area contributed by atoms with Gasteiger partial charge in [-0.05, 0) is 68.2 Å². The van der Waals surface area contributed by atoms with E-state index in [2.05, 4.69) is 17.1 Å². The summed E-state index contributed by atoms with van der Waals surface area (Å²) in [7, 11) is 0. The Bertz CT molecular complexity index is 1360. The Hall–Kier alpha value is -3.45.